The summed E-state index contributed by atoms with van der Waals surface area (Å²) in [6.45, 7) is 7.54. The molecule has 0 atom stereocenters. The average Bonchev–Trinajstić information content (AvgIpc) is 3.18. The largest absolute Gasteiger partial charge is 1.00 e. The first-order valence-electron chi connectivity index (χ1n) is 7.44. The van der Waals surface area contributed by atoms with Gasteiger partial charge in [-0.1, -0.05) is 22.3 Å². The van der Waals surface area contributed by atoms with Crippen LogP contribution in [0.1, 0.15) is 36.1 Å². The normalized spacial score (nSPS) is 10.2. The Morgan fingerprint density at radius 1 is 0.719 bits per heavy atom. The summed E-state index contributed by atoms with van der Waals surface area (Å²) >= 11 is 0. The van der Waals surface area contributed by atoms with Gasteiger partial charge in [-0.25, -0.2) is 15.8 Å². The molecule has 2 aliphatic heterocycles. The summed E-state index contributed by atoms with van der Waals surface area (Å²) in [4.78, 5) is 8.81. The summed E-state index contributed by atoms with van der Waals surface area (Å²) in [5.74, 6) is 4.44. The monoisotopic (exact) mass is 542 g/mol. The van der Waals surface area contributed by atoms with Gasteiger partial charge in [-0.3, -0.25) is 0 Å². The van der Waals surface area contributed by atoms with Crippen molar-refractivity contribution >= 4 is 6.71 Å². The Kier molecular flexibility index (Phi) is 84.3. The van der Waals surface area contributed by atoms with Crippen LogP contribution in [0.25, 0.3) is 0 Å². The molecule has 2 heterocycles. The van der Waals surface area contributed by atoms with Crippen molar-refractivity contribution < 1.29 is 133 Å². The molecular formula is C19H41BCl2K2N7O-. The molecule has 0 aromatic heterocycles. The van der Waals surface area contributed by atoms with E-state index in [2.05, 4.69) is 72.3 Å². The number of hydrogen-bond acceptors (Lipinski definition) is 7. The summed E-state index contributed by atoms with van der Waals surface area (Å²) in [5.41, 5.74) is 0. The Bertz CT molecular complexity index is 482. The first-order chi connectivity index (χ1) is 11.0. The van der Waals surface area contributed by atoms with Crippen molar-refractivity contribution in [1.29, 1.82) is 15.8 Å². The van der Waals surface area contributed by atoms with Crippen LogP contribution in [0.2, 0.25) is 0 Å². The number of halogens is 2. The van der Waals surface area contributed by atoms with Gasteiger partial charge in [-0.2, -0.15) is 0 Å². The molecule has 2 aliphatic rings. The molecule has 0 radical (unpaired) electrons. The van der Waals surface area contributed by atoms with Crippen molar-refractivity contribution in [1.82, 2.24) is 19.6 Å². The van der Waals surface area contributed by atoms with Crippen LogP contribution in [0.5, 0.6) is 0 Å². The van der Waals surface area contributed by atoms with E-state index in [0.717, 1.165) is 26.4 Å². The van der Waals surface area contributed by atoms with Crippen LogP contribution in [0.4, 0.5) is 0 Å². The molecule has 0 unspecified atom stereocenters. The van der Waals surface area contributed by atoms with E-state index in [0.29, 0.717) is 0 Å². The summed E-state index contributed by atoms with van der Waals surface area (Å²) in [7, 11) is 4.15. The third-order valence-corrected chi connectivity index (χ3v) is 3.07. The summed E-state index contributed by atoms with van der Waals surface area (Å²) < 4.78 is 0. The fourth-order valence-corrected chi connectivity index (χ4v) is 1.68. The second-order valence-electron chi connectivity index (χ2n) is 5.02. The van der Waals surface area contributed by atoms with E-state index in [4.69, 9.17) is 15.8 Å². The van der Waals surface area contributed by atoms with Gasteiger partial charge in [0.05, 0.1) is 13.3 Å². The predicted octanol–water partition coefficient (Wildman–Crippen LogP) is -9.42. The maximum Gasteiger partial charge on any atom is 1.00 e. The van der Waals surface area contributed by atoms with E-state index in [1.54, 1.807) is 0 Å². The van der Waals surface area contributed by atoms with Crippen molar-refractivity contribution in [2.24, 2.45) is 0 Å². The van der Waals surface area contributed by atoms with Crippen molar-refractivity contribution in [3.8, 4) is 17.9 Å². The number of nitrogens with zero attached hydrogens (tertiary/aromatic N) is 7. The van der Waals surface area contributed by atoms with Gasteiger partial charge in [-0.05, 0) is 13.8 Å². The Labute approximate surface area is 297 Å². The van der Waals surface area contributed by atoms with Crippen molar-refractivity contribution in [2.75, 3.05) is 40.5 Å². The van der Waals surface area contributed by atoms with Crippen LogP contribution < -0.4 is 128 Å². The topological polar surface area (TPSA) is 116 Å². The third kappa shape index (κ3) is 33.2. The average molecular weight is 543 g/mol. The minimum Gasteiger partial charge on any atom is -1.00 e. The summed E-state index contributed by atoms with van der Waals surface area (Å²) in [5, 5.41) is 23.5. The molecule has 0 aromatic rings. The molecule has 2 N–H and O–H groups in total. The van der Waals surface area contributed by atoms with E-state index in [1.807, 2.05) is 0 Å². The molecule has 0 aromatic carbocycles. The minimum atomic E-state index is -1.10. The molecule has 13 heteroatoms. The van der Waals surface area contributed by atoms with Crippen LogP contribution >= 0.6 is 0 Å². The molecule has 2 rings (SSSR count). The van der Waals surface area contributed by atoms with Gasteiger partial charge in [0.15, 0.2) is 0 Å². The quantitative estimate of drug-likeness (QED) is 0.251. The smallest absolute Gasteiger partial charge is 1.00 e. The fraction of sp³-hybridized carbons (Fsp3) is 0.579. The molecule has 32 heavy (non-hydrogen) atoms. The molecule has 0 saturated carbocycles. The van der Waals surface area contributed by atoms with Crippen LogP contribution in [0.3, 0.4) is 0 Å². The van der Waals surface area contributed by atoms with Gasteiger partial charge >= 0.3 is 109 Å². The Morgan fingerprint density at radius 2 is 0.969 bits per heavy atom. The van der Waals surface area contributed by atoms with Crippen LogP contribution in [-0.4, -0.2) is 72.3 Å². The van der Waals surface area contributed by atoms with Gasteiger partial charge in [0.25, 0.3) is 0 Å². The number of rotatable bonds is 2. The van der Waals surface area contributed by atoms with Crippen LogP contribution in [0.15, 0.2) is 24.8 Å². The Morgan fingerprint density at radius 3 is 1.03 bits per heavy atom. The van der Waals surface area contributed by atoms with Gasteiger partial charge in [0.2, 0.25) is 0 Å². The number of nitriles is 3. The second kappa shape index (κ2) is 42.2. The molecule has 0 spiro atoms. The Balaban J connectivity index is -0.0000000249. The molecule has 0 bridgehead atoms. The van der Waals surface area contributed by atoms with Gasteiger partial charge in [0.1, 0.15) is 0 Å². The SMILES string of the molecule is C.C.C.CCN1C=CN(C)C1.CCN1C=CN(C)C1.N#CB(C#N)C#N.O.[CH3-].[Cl-].[Cl-].[K+].[K+]. The van der Waals surface area contributed by atoms with E-state index in [9.17, 15) is 0 Å². The van der Waals surface area contributed by atoms with E-state index >= 15 is 0 Å². The first kappa shape index (κ1) is 63.9. The molecule has 0 amide bonds. The van der Waals surface area contributed by atoms with Crippen LogP contribution in [0, 0.1) is 41.1 Å². The fourth-order valence-electron chi connectivity index (χ4n) is 1.68. The molecule has 0 saturated heterocycles. The van der Waals surface area contributed by atoms with Crippen molar-refractivity contribution in [3.05, 3.63) is 32.2 Å². The Hall–Kier alpha value is 1.03. The summed E-state index contributed by atoms with van der Waals surface area (Å²) in [6, 6.07) is 0. The van der Waals surface area contributed by atoms with E-state index < -0.39 is 6.71 Å². The number of hydrogen-bond donors (Lipinski definition) is 0. The van der Waals surface area contributed by atoms with Gasteiger partial charge in [-0.15, -0.1) is 0 Å². The molecular weight excluding hydrogens is 502 g/mol. The molecule has 8 nitrogen and oxygen atoms in total. The van der Waals surface area contributed by atoms with E-state index in [-0.39, 0.29) is 163 Å². The molecule has 178 valence electrons. The zero-order chi connectivity index (χ0) is 17.7. The van der Waals surface area contributed by atoms with Crippen LogP contribution in [-0.2, 0) is 0 Å². The second-order valence-corrected chi connectivity index (χ2v) is 5.02. The first-order valence-corrected chi connectivity index (χ1v) is 7.44. The van der Waals surface area contributed by atoms with Gasteiger partial charge in [0, 0.05) is 69.9 Å². The summed E-state index contributed by atoms with van der Waals surface area (Å²) in [6.07, 6.45) is 8.40. The van der Waals surface area contributed by atoms with Crippen molar-refractivity contribution in [2.45, 2.75) is 36.1 Å². The molecule has 0 aliphatic carbocycles. The van der Waals surface area contributed by atoms with Crippen molar-refractivity contribution in [3.63, 3.8) is 0 Å². The van der Waals surface area contributed by atoms with E-state index in [1.165, 1.54) is 17.9 Å². The third-order valence-electron chi connectivity index (χ3n) is 3.07. The predicted molar refractivity (Wildman–Crippen MR) is 121 cm³/mol. The zero-order valence-electron chi connectivity index (χ0n) is 18.6. The maximum atomic E-state index is 7.83. The zero-order valence-corrected chi connectivity index (χ0v) is 26.4. The standard InChI is InChI=1S/2C6H12N2.C3BN3.3CH4.CH3.2ClH.2K.H2O/c2*1-3-8-5-4-7(2)6-8;5-1-4(2-6)3-7;;;;;;;;;/h2*4-5H,3,6H2,1-2H3;;3*1H4;1H3;2*1H;;;1H2/q;;;;;;-1;;;2*+1;/p-2. The van der Waals surface area contributed by atoms with Gasteiger partial charge < -0.3 is 57.3 Å². The maximum absolute atomic E-state index is 7.83. The minimum absolute atomic E-state index is 0. The molecule has 0 fully saturated rings.